The van der Waals surface area contributed by atoms with Gasteiger partial charge in [0.1, 0.15) is 5.82 Å². The van der Waals surface area contributed by atoms with Gasteiger partial charge in [-0.15, -0.1) is 0 Å². The van der Waals surface area contributed by atoms with Crippen molar-refractivity contribution in [3.63, 3.8) is 0 Å². The molecule has 3 heterocycles. The molecule has 0 unspecified atom stereocenters. The molecule has 0 radical (unpaired) electrons. The van der Waals surface area contributed by atoms with E-state index in [1.807, 2.05) is 0 Å². The summed E-state index contributed by atoms with van der Waals surface area (Å²) in [5.41, 5.74) is 0.597. The van der Waals surface area contributed by atoms with Gasteiger partial charge in [-0.1, -0.05) is 19.3 Å². The molecule has 0 spiro atoms. The van der Waals surface area contributed by atoms with Crippen molar-refractivity contribution in [3.8, 4) is 0 Å². The summed E-state index contributed by atoms with van der Waals surface area (Å²) < 4.78 is 0. The van der Waals surface area contributed by atoms with Gasteiger partial charge in [0.15, 0.2) is 0 Å². The summed E-state index contributed by atoms with van der Waals surface area (Å²) in [6.45, 7) is 8.98. The maximum absolute atomic E-state index is 10.8. The number of aryl methyl sites for hydroxylation is 1. The van der Waals surface area contributed by atoms with E-state index in [1.54, 1.807) is 0 Å². The molecular weight excluding hydrogens is 326 g/mol. The minimum atomic E-state index is -0.455. The van der Waals surface area contributed by atoms with E-state index in [2.05, 4.69) is 27.7 Å². The van der Waals surface area contributed by atoms with Gasteiger partial charge in [0.25, 0.3) is 0 Å². The molecule has 3 fully saturated rings. The Morgan fingerprint density at radius 3 is 2.27 bits per heavy atom. The van der Waals surface area contributed by atoms with Crippen molar-refractivity contribution >= 4 is 11.8 Å². The van der Waals surface area contributed by atoms with Crippen LogP contribution in [0.15, 0.2) is 6.07 Å². The lowest BCUT2D eigenvalue weighted by Crippen LogP contribution is -2.52. The molecule has 4 rings (SSSR count). The standard InChI is InChI=1S/C20H33N5O/c1-17-15-18(24-9-5-6-10-24)22-19(21-17)25-13-11-23(12-14-25)16-20(26)7-3-2-4-8-20/h15,26H,2-14,16H2,1H3. The van der Waals surface area contributed by atoms with Crippen LogP contribution in [0.1, 0.15) is 50.6 Å². The normalized spacial score (nSPS) is 24.2. The fraction of sp³-hybridized carbons (Fsp3) is 0.800. The van der Waals surface area contributed by atoms with E-state index in [0.29, 0.717) is 0 Å². The van der Waals surface area contributed by atoms with Crippen LogP contribution in [-0.4, -0.2) is 71.4 Å². The molecule has 0 atom stereocenters. The van der Waals surface area contributed by atoms with E-state index in [0.717, 1.165) is 76.1 Å². The molecule has 144 valence electrons. The van der Waals surface area contributed by atoms with Gasteiger partial charge in [0.05, 0.1) is 5.60 Å². The summed E-state index contributed by atoms with van der Waals surface area (Å²) in [5, 5.41) is 10.8. The second kappa shape index (κ2) is 7.69. The van der Waals surface area contributed by atoms with Gasteiger partial charge in [0.2, 0.25) is 5.95 Å². The Balaban J connectivity index is 1.37. The molecule has 6 heteroatoms. The van der Waals surface area contributed by atoms with Crippen molar-refractivity contribution in [3.05, 3.63) is 11.8 Å². The highest BCUT2D eigenvalue weighted by atomic mass is 16.3. The summed E-state index contributed by atoms with van der Waals surface area (Å²) in [5.74, 6) is 1.96. The van der Waals surface area contributed by atoms with Crippen LogP contribution in [0.4, 0.5) is 11.8 Å². The van der Waals surface area contributed by atoms with E-state index in [9.17, 15) is 5.11 Å². The minimum Gasteiger partial charge on any atom is -0.389 e. The van der Waals surface area contributed by atoms with Crippen molar-refractivity contribution in [2.24, 2.45) is 0 Å². The zero-order valence-electron chi connectivity index (χ0n) is 16.2. The van der Waals surface area contributed by atoms with Crippen LogP contribution in [0, 0.1) is 6.92 Å². The summed E-state index contributed by atoms with van der Waals surface area (Å²) in [6, 6.07) is 2.11. The first-order chi connectivity index (χ1) is 12.6. The molecule has 2 saturated heterocycles. The number of anilines is 2. The number of β-amino-alcohol motifs (C(OH)–C–C–N with tert-alkyl or cyclic N) is 1. The second-order valence-corrected chi connectivity index (χ2v) is 8.41. The summed E-state index contributed by atoms with van der Waals surface area (Å²) in [4.78, 5) is 16.7. The Hall–Kier alpha value is -1.40. The second-order valence-electron chi connectivity index (χ2n) is 8.41. The molecule has 1 aromatic heterocycles. The number of nitrogens with zero attached hydrogens (tertiary/aromatic N) is 5. The van der Waals surface area contributed by atoms with Crippen molar-refractivity contribution in [1.82, 2.24) is 14.9 Å². The Labute approximate surface area is 157 Å². The molecule has 2 aliphatic heterocycles. The average Bonchev–Trinajstić information content (AvgIpc) is 3.17. The predicted octanol–water partition coefficient (Wildman–Crippen LogP) is 2.20. The Bertz CT molecular complexity index is 602. The number of rotatable bonds is 4. The van der Waals surface area contributed by atoms with Crippen molar-refractivity contribution < 1.29 is 5.11 Å². The zero-order valence-corrected chi connectivity index (χ0v) is 16.2. The van der Waals surface area contributed by atoms with Crippen LogP contribution in [0.2, 0.25) is 0 Å². The van der Waals surface area contributed by atoms with Crippen molar-refractivity contribution in [2.45, 2.75) is 57.5 Å². The summed E-state index contributed by atoms with van der Waals surface area (Å²) >= 11 is 0. The number of aromatic nitrogens is 2. The first kappa shape index (κ1) is 18.0. The molecule has 0 aromatic carbocycles. The lowest BCUT2D eigenvalue weighted by atomic mass is 9.84. The van der Waals surface area contributed by atoms with E-state index in [4.69, 9.17) is 9.97 Å². The molecule has 3 aliphatic rings. The molecule has 0 bridgehead atoms. The highest BCUT2D eigenvalue weighted by Crippen LogP contribution is 2.29. The monoisotopic (exact) mass is 359 g/mol. The number of hydrogen-bond donors (Lipinski definition) is 1. The molecule has 6 nitrogen and oxygen atoms in total. The van der Waals surface area contributed by atoms with Crippen molar-refractivity contribution in [2.75, 3.05) is 55.6 Å². The van der Waals surface area contributed by atoms with E-state index in [-0.39, 0.29) is 0 Å². The lowest BCUT2D eigenvalue weighted by molar-refractivity contribution is -0.0271. The molecule has 1 saturated carbocycles. The van der Waals surface area contributed by atoms with Crippen LogP contribution < -0.4 is 9.80 Å². The molecule has 0 amide bonds. The average molecular weight is 360 g/mol. The minimum absolute atomic E-state index is 0.455. The Kier molecular flexibility index (Phi) is 5.32. The highest BCUT2D eigenvalue weighted by Gasteiger charge is 2.32. The number of piperazine rings is 1. The van der Waals surface area contributed by atoms with Gasteiger partial charge < -0.3 is 14.9 Å². The largest absolute Gasteiger partial charge is 0.389 e. The van der Waals surface area contributed by atoms with Crippen molar-refractivity contribution in [1.29, 1.82) is 0 Å². The smallest absolute Gasteiger partial charge is 0.227 e. The van der Waals surface area contributed by atoms with Gasteiger partial charge >= 0.3 is 0 Å². The highest BCUT2D eigenvalue weighted by molar-refractivity contribution is 5.46. The molecular formula is C20H33N5O. The molecule has 1 aliphatic carbocycles. The third kappa shape index (κ3) is 4.12. The Morgan fingerprint density at radius 2 is 1.58 bits per heavy atom. The van der Waals surface area contributed by atoms with Gasteiger partial charge in [-0.3, -0.25) is 4.90 Å². The first-order valence-corrected chi connectivity index (χ1v) is 10.4. The van der Waals surface area contributed by atoms with Gasteiger partial charge in [-0.2, -0.15) is 4.98 Å². The number of hydrogen-bond acceptors (Lipinski definition) is 6. The maximum atomic E-state index is 10.8. The van der Waals surface area contributed by atoms with Gasteiger partial charge in [0, 0.05) is 57.6 Å². The van der Waals surface area contributed by atoms with E-state index < -0.39 is 5.60 Å². The quantitative estimate of drug-likeness (QED) is 0.889. The van der Waals surface area contributed by atoms with Crippen LogP contribution in [0.5, 0.6) is 0 Å². The maximum Gasteiger partial charge on any atom is 0.227 e. The Morgan fingerprint density at radius 1 is 0.885 bits per heavy atom. The topological polar surface area (TPSA) is 55.7 Å². The van der Waals surface area contributed by atoms with Gasteiger partial charge in [-0.05, 0) is 32.6 Å². The van der Waals surface area contributed by atoms with Crippen LogP contribution in [0.25, 0.3) is 0 Å². The van der Waals surface area contributed by atoms with E-state index in [1.165, 1.54) is 32.1 Å². The fourth-order valence-electron chi connectivity index (χ4n) is 4.68. The fourth-order valence-corrected chi connectivity index (χ4v) is 4.68. The van der Waals surface area contributed by atoms with Crippen LogP contribution in [0.3, 0.4) is 0 Å². The third-order valence-corrected chi connectivity index (χ3v) is 6.22. The lowest BCUT2D eigenvalue weighted by Gasteiger charge is -2.41. The molecule has 26 heavy (non-hydrogen) atoms. The first-order valence-electron chi connectivity index (χ1n) is 10.4. The van der Waals surface area contributed by atoms with Crippen LogP contribution in [-0.2, 0) is 0 Å². The molecule has 1 aromatic rings. The third-order valence-electron chi connectivity index (χ3n) is 6.22. The zero-order chi connectivity index (χ0) is 18.0. The number of aliphatic hydroxyl groups is 1. The van der Waals surface area contributed by atoms with Crippen LogP contribution >= 0.6 is 0 Å². The molecule has 1 N–H and O–H groups in total. The SMILES string of the molecule is Cc1cc(N2CCCC2)nc(N2CCN(CC3(O)CCCCC3)CC2)n1. The summed E-state index contributed by atoms with van der Waals surface area (Å²) in [7, 11) is 0. The predicted molar refractivity (Wildman–Crippen MR) is 105 cm³/mol. The van der Waals surface area contributed by atoms with E-state index >= 15 is 0 Å². The summed E-state index contributed by atoms with van der Waals surface area (Å²) in [6.07, 6.45) is 8.08. The van der Waals surface area contributed by atoms with Gasteiger partial charge in [-0.25, -0.2) is 4.98 Å².